The van der Waals surface area contributed by atoms with E-state index in [1.54, 1.807) is 25.4 Å². The number of ether oxygens (including phenoxy) is 1. The summed E-state index contributed by atoms with van der Waals surface area (Å²) in [7, 11) is 1.56. The van der Waals surface area contributed by atoms with Gasteiger partial charge >= 0.3 is 6.03 Å². The SMILES string of the molecule is COc1ccc(C)cc1NC(=O)Nc1ccccc1SCc1cc(=O)n2ccccc2n1. The van der Waals surface area contributed by atoms with Crippen LogP contribution in [0.2, 0.25) is 0 Å². The molecule has 2 heterocycles. The van der Waals surface area contributed by atoms with Crippen LogP contribution in [0.1, 0.15) is 11.3 Å². The van der Waals surface area contributed by atoms with Gasteiger partial charge in [-0.1, -0.05) is 24.3 Å². The fourth-order valence-electron chi connectivity index (χ4n) is 3.22. The number of amides is 2. The van der Waals surface area contributed by atoms with Crippen LogP contribution in [0.15, 0.2) is 82.6 Å². The van der Waals surface area contributed by atoms with Crippen molar-refractivity contribution in [1.29, 1.82) is 0 Å². The molecule has 2 amide bonds. The predicted molar refractivity (Wildman–Crippen MR) is 128 cm³/mol. The van der Waals surface area contributed by atoms with Gasteiger partial charge in [0, 0.05) is 22.9 Å². The molecule has 7 nitrogen and oxygen atoms in total. The molecule has 4 aromatic rings. The number of pyridine rings is 1. The molecule has 0 saturated carbocycles. The number of aromatic nitrogens is 2. The first-order chi connectivity index (χ1) is 15.5. The fourth-order valence-corrected chi connectivity index (χ4v) is 4.12. The van der Waals surface area contributed by atoms with Crippen molar-refractivity contribution in [3.05, 3.63) is 94.5 Å². The molecule has 2 aromatic carbocycles. The number of benzene rings is 2. The molecule has 0 bridgehead atoms. The smallest absolute Gasteiger partial charge is 0.323 e. The molecule has 0 unspecified atom stereocenters. The van der Waals surface area contributed by atoms with Gasteiger partial charge in [0.2, 0.25) is 0 Å². The van der Waals surface area contributed by atoms with Crippen molar-refractivity contribution < 1.29 is 9.53 Å². The number of nitrogens with one attached hydrogen (secondary N) is 2. The van der Waals surface area contributed by atoms with Gasteiger partial charge in [0.15, 0.2) is 0 Å². The summed E-state index contributed by atoms with van der Waals surface area (Å²) in [5.41, 5.74) is 3.43. The Morgan fingerprint density at radius 1 is 1.03 bits per heavy atom. The number of nitrogens with zero attached hydrogens (tertiary/aromatic N) is 2. The van der Waals surface area contributed by atoms with Gasteiger partial charge in [-0.15, -0.1) is 11.8 Å². The normalized spacial score (nSPS) is 10.7. The first kappa shape index (κ1) is 21.5. The van der Waals surface area contributed by atoms with E-state index in [0.717, 1.165) is 10.5 Å². The van der Waals surface area contributed by atoms with Crippen LogP contribution in [0, 0.1) is 6.92 Å². The molecule has 2 N–H and O–H groups in total. The number of hydrogen-bond acceptors (Lipinski definition) is 5. The highest BCUT2D eigenvalue weighted by Gasteiger charge is 2.11. The number of para-hydroxylation sites is 1. The molecule has 0 radical (unpaired) electrons. The average molecular weight is 447 g/mol. The molecule has 2 aromatic heterocycles. The number of carbonyl (C=O) groups excluding carboxylic acids is 1. The minimum absolute atomic E-state index is 0.121. The Labute approximate surface area is 189 Å². The first-order valence-electron chi connectivity index (χ1n) is 9.95. The van der Waals surface area contributed by atoms with E-state index in [0.29, 0.717) is 34.2 Å². The summed E-state index contributed by atoms with van der Waals surface area (Å²) < 4.78 is 6.83. The highest BCUT2D eigenvalue weighted by atomic mass is 32.2. The second-order valence-corrected chi connectivity index (χ2v) is 8.10. The molecule has 0 atom stereocenters. The van der Waals surface area contributed by atoms with Crippen LogP contribution in [0.4, 0.5) is 16.2 Å². The van der Waals surface area contributed by atoms with E-state index in [4.69, 9.17) is 4.74 Å². The molecule has 0 fully saturated rings. The van der Waals surface area contributed by atoms with Crippen molar-refractivity contribution in [3.8, 4) is 5.75 Å². The van der Waals surface area contributed by atoms with Crippen molar-refractivity contribution in [3.63, 3.8) is 0 Å². The third kappa shape index (κ3) is 4.92. The molecule has 0 aliphatic carbocycles. The molecule has 0 aliphatic heterocycles. The number of hydrogen-bond donors (Lipinski definition) is 2. The summed E-state index contributed by atoms with van der Waals surface area (Å²) in [5, 5.41) is 5.73. The van der Waals surface area contributed by atoms with Gasteiger partial charge in [0.25, 0.3) is 5.56 Å². The molecule has 162 valence electrons. The van der Waals surface area contributed by atoms with Crippen LogP contribution in [0.5, 0.6) is 5.75 Å². The van der Waals surface area contributed by atoms with E-state index in [1.165, 1.54) is 22.2 Å². The summed E-state index contributed by atoms with van der Waals surface area (Å²) in [4.78, 5) is 30.4. The van der Waals surface area contributed by atoms with E-state index in [1.807, 2.05) is 55.5 Å². The molecule has 32 heavy (non-hydrogen) atoms. The van der Waals surface area contributed by atoms with Crippen LogP contribution >= 0.6 is 11.8 Å². The Morgan fingerprint density at radius 3 is 2.66 bits per heavy atom. The van der Waals surface area contributed by atoms with Gasteiger partial charge in [0.1, 0.15) is 11.4 Å². The zero-order valence-corrected chi connectivity index (χ0v) is 18.5. The van der Waals surface area contributed by atoms with E-state index in [-0.39, 0.29) is 11.6 Å². The second-order valence-electron chi connectivity index (χ2n) is 7.08. The van der Waals surface area contributed by atoms with Crippen molar-refractivity contribution in [2.24, 2.45) is 0 Å². The Balaban J connectivity index is 1.48. The lowest BCUT2D eigenvalue weighted by Gasteiger charge is -2.14. The van der Waals surface area contributed by atoms with Gasteiger partial charge in [-0.25, -0.2) is 9.78 Å². The summed E-state index contributed by atoms with van der Waals surface area (Å²) in [6.07, 6.45) is 1.70. The van der Waals surface area contributed by atoms with Crippen molar-refractivity contribution in [2.75, 3.05) is 17.7 Å². The molecule has 0 aliphatic rings. The summed E-state index contributed by atoms with van der Waals surface area (Å²) in [5.74, 6) is 1.08. The summed E-state index contributed by atoms with van der Waals surface area (Å²) in [6.45, 7) is 1.95. The van der Waals surface area contributed by atoms with Gasteiger partial charge in [-0.2, -0.15) is 0 Å². The van der Waals surface area contributed by atoms with Crippen molar-refractivity contribution in [1.82, 2.24) is 9.38 Å². The third-order valence-electron chi connectivity index (χ3n) is 4.74. The number of thioether (sulfide) groups is 1. The zero-order chi connectivity index (χ0) is 22.5. The Morgan fingerprint density at radius 2 is 1.81 bits per heavy atom. The minimum atomic E-state index is -0.371. The molecule has 0 saturated heterocycles. The number of aryl methyl sites for hydroxylation is 1. The minimum Gasteiger partial charge on any atom is -0.495 e. The maximum absolute atomic E-state index is 12.6. The number of methoxy groups -OCH3 is 1. The number of fused-ring (bicyclic) bond motifs is 1. The van der Waals surface area contributed by atoms with Crippen LogP contribution in [-0.4, -0.2) is 22.5 Å². The highest BCUT2D eigenvalue weighted by molar-refractivity contribution is 7.98. The monoisotopic (exact) mass is 446 g/mol. The van der Waals surface area contributed by atoms with Crippen molar-refractivity contribution >= 4 is 34.8 Å². The standard InChI is InChI=1S/C24H22N4O3S/c1-16-10-11-20(31-2)19(13-16)27-24(30)26-18-7-3-4-8-21(18)32-15-17-14-23(29)28-12-6-5-9-22(28)25-17/h3-14H,15H2,1-2H3,(H2,26,27,30). The van der Waals surface area contributed by atoms with Gasteiger partial charge in [-0.3, -0.25) is 9.20 Å². The van der Waals surface area contributed by atoms with E-state index >= 15 is 0 Å². The van der Waals surface area contributed by atoms with Gasteiger partial charge in [0.05, 0.1) is 24.2 Å². The average Bonchev–Trinajstić information content (AvgIpc) is 2.79. The highest BCUT2D eigenvalue weighted by Crippen LogP contribution is 2.30. The predicted octanol–water partition coefficient (Wildman–Crippen LogP) is 4.95. The third-order valence-corrected chi connectivity index (χ3v) is 5.85. The largest absolute Gasteiger partial charge is 0.495 e. The maximum atomic E-state index is 12.6. The molecular weight excluding hydrogens is 424 g/mol. The van der Waals surface area contributed by atoms with Crippen LogP contribution in [0.3, 0.4) is 0 Å². The topological polar surface area (TPSA) is 84.7 Å². The molecule has 4 rings (SSSR count). The number of rotatable bonds is 6. The number of urea groups is 1. The van der Waals surface area contributed by atoms with E-state index in [9.17, 15) is 9.59 Å². The zero-order valence-electron chi connectivity index (χ0n) is 17.7. The van der Waals surface area contributed by atoms with Crippen molar-refractivity contribution in [2.45, 2.75) is 17.6 Å². The van der Waals surface area contributed by atoms with Crippen LogP contribution in [-0.2, 0) is 5.75 Å². The summed E-state index contributed by atoms with van der Waals surface area (Å²) >= 11 is 1.50. The molecule has 0 spiro atoms. The first-order valence-corrected chi connectivity index (χ1v) is 10.9. The van der Waals surface area contributed by atoms with Crippen LogP contribution < -0.4 is 20.9 Å². The van der Waals surface area contributed by atoms with Crippen LogP contribution in [0.25, 0.3) is 5.65 Å². The fraction of sp³-hybridized carbons (Fsp3) is 0.125. The Kier molecular flexibility index (Phi) is 6.42. The van der Waals surface area contributed by atoms with E-state index < -0.39 is 0 Å². The lowest BCUT2D eigenvalue weighted by Crippen LogP contribution is -2.20. The molecule has 8 heteroatoms. The number of carbonyl (C=O) groups is 1. The summed E-state index contributed by atoms with van der Waals surface area (Å²) in [6, 6.07) is 19.7. The lowest BCUT2D eigenvalue weighted by atomic mass is 10.2. The molecular formula is C24H22N4O3S. The maximum Gasteiger partial charge on any atom is 0.323 e. The van der Waals surface area contributed by atoms with Gasteiger partial charge in [-0.05, 0) is 48.9 Å². The van der Waals surface area contributed by atoms with Gasteiger partial charge < -0.3 is 15.4 Å². The Hall–Kier alpha value is -3.78. The van der Waals surface area contributed by atoms with E-state index in [2.05, 4.69) is 15.6 Å². The Bertz CT molecular complexity index is 1340. The lowest BCUT2D eigenvalue weighted by molar-refractivity contribution is 0.262. The second kappa shape index (κ2) is 9.57. The quantitative estimate of drug-likeness (QED) is 0.410. The number of anilines is 2.